The van der Waals surface area contributed by atoms with Crippen molar-refractivity contribution in [1.29, 1.82) is 0 Å². The number of hydrogen-bond donors (Lipinski definition) is 3. The summed E-state index contributed by atoms with van der Waals surface area (Å²) in [6.07, 6.45) is 1.56. The molecular formula is C24H17N3O2. The minimum absolute atomic E-state index is 0.0870. The van der Waals surface area contributed by atoms with E-state index in [2.05, 4.69) is 21.6 Å². The Labute approximate surface area is 166 Å². The van der Waals surface area contributed by atoms with Crippen molar-refractivity contribution in [3.05, 3.63) is 90.0 Å². The molecule has 0 saturated carbocycles. The van der Waals surface area contributed by atoms with Crippen LogP contribution in [0.25, 0.3) is 32.6 Å². The maximum Gasteiger partial charge on any atom is 0.275 e. The number of phenolic OH excluding ortho intramolecular Hbond substituents is 1. The zero-order valence-electron chi connectivity index (χ0n) is 15.4. The van der Waals surface area contributed by atoms with Gasteiger partial charge in [-0.2, -0.15) is 5.10 Å². The highest BCUT2D eigenvalue weighted by atomic mass is 16.3. The number of aromatic nitrogens is 1. The highest BCUT2D eigenvalue weighted by Gasteiger charge is 2.14. The first-order valence-electron chi connectivity index (χ1n) is 9.25. The van der Waals surface area contributed by atoms with Gasteiger partial charge in [-0.1, -0.05) is 60.7 Å². The zero-order chi connectivity index (χ0) is 19.8. The number of carbonyl (C=O) groups excluding carboxylic acids is 1. The average Bonchev–Trinajstić information content (AvgIpc) is 3.13. The number of carbonyl (C=O) groups is 1. The SMILES string of the molecule is O=C(N/N=C/c1ccccc1)c1cc2ccc3c4ccccc4[nH]c3c2cc1O. The molecule has 5 heteroatoms. The van der Waals surface area contributed by atoms with Crippen molar-refractivity contribution < 1.29 is 9.90 Å². The predicted octanol–water partition coefficient (Wildman–Crippen LogP) is 4.94. The van der Waals surface area contributed by atoms with E-state index in [9.17, 15) is 9.90 Å². The number of nitrogens with zero attached hydrogens (tertiary/aromatic N) is 1. The second-order valence-corrected chi connectivity index (χ2v) is 6.86. The Bertz CT molecular complexity index is 1400. The number of benzene rings is 4. The number of amides is 1. The Morgan fingerprint density at radius 2 is 1.69 bits per heavy atom. The Kier molecular flexibility index (Phi) is 3.99. The van der Waals surface area contributed by atoms with E-state index < -0.39 is 5.91 Å². The van der Waals surface area contributed by atoms with Gasteiger partial charge in [-0.15, -0.1) is 0 Å². The van der Waals surface area contributed by atoms with Crippen LogP contribution in [0.5, 0.6) is 5.75 Å². The fraction of sp³-hybridized carbons (Fsp3) is 0. The van der Waals surface area contributed by atoms with Crippen molar-refractivity contribution in [3.63, 3.8) is 0 Å². The van der Waals surface area contributed by atoms with Crippen LogP contribution >= 0.6 is 0 Å². The Hall–Kier alpha value is -4.12. The lowest BCUT2D eigenvalue weighted by Gasteiger charge is -2.07. The number of rotatable bonds is 3. The monoisotopic (exact) mass is 379 g/mol. The molecule has 0 bridgehead atoms. The van der Waals surface area contributed by atoms with Crippen LogP contribution in [-0.4, -0.2) is 22.2 Å². The normalized spacial score (nSPS) is 11.6. The summed E-state index contributed by atoms with van der Waals surface area (Å²) in [6.45, 7) is 0. The topological polar surface area (TPSA) is 77.5 Å². The number of aromatic hydroxyl groups is 1. The van der Waals surface area contributed by atoms with Crippen LogP contribution in [0.3, 0.4) is 0 Å². The second kappa shape index (κ2) is 6.80. The molecule has 5 aromatic rings. The first kappa shape index (κ1) is 17.0. The maximum absolute atomic E-state index is 12.5. The second-order valence-electron chi connectivity index (χ2n) is 6.86. The molecule has 5 rings (SSSR count). The highest BCUT2D eigenvalue weighted by molar-refractivity contribution is 6.18. The molecule has 140 valence electrons. The number of H-pyrrole nitrogens is 1. The molecule has 0 aliphatic carbocycles. The van der Waals surface area contributed by atoms with Gasteiger partial charge >= 0.3 is 0 Å². The van der Waals surface area contributed by atoms with Crippen molar-refractivity contribution in [2.75, 3.05) is 0 Å². The summed E-state index contributed by atoms with van der Waals surface area (Å²) in [6, 6.07) is 24.8. The molecule has 1 amide bonds. The van der Waals surface area contributed by atoms with Crippen LogP contribution in [0.1, 0.15) is 15.9 Å². The van der Waals surface area contributed by atoms with E-state index in [0.29, 0.717) is 0 Å². The number of para-hydroxylation sites is 1. The minimum Gasteiger partial charge on any atom is -0.507 e. The first-order valence-corrected chi connectivity index (χ1v) is 9.25. The number of aromatic amines is 1. The number of hydrogen-bond acceptors (Lipinski definition) is 3. The number of nitrogens with one attached hydrogen (secondary N) is 2. The van der Waals surface area contributed by atoms with Crippen molar-refractivity contribution >= 4 is 44.7 Å². The lowest BCUT2D eigenvalue weighted by Crippen LogP contribution is -2.17. The van der Waals surface area contributed by atoms with E-state index in [4.69, 9.17) is 0 Å². The van der Waals surface area contributed by atoms with Gasteiger partial charge < -0.3 is 10.1 Å². The molecule has 0 radical (unpaired) electrons. The summed E-state index contributed by atoms with van der Waals surface area (Å²) in [5, 5.41) is 18.4. The van der Waals surface area contributed by atoms with Gasteiger partial charge in [0.05, 0.1) is 17.3 Å². The van der Waals surface area contributed by atoms with E-state index in [0.717, 1.165) is 38.1 Å². The largest absolute Gasteiger partial charge is 0.507 e. The first-order chi connectivity index (χ1) is 14.2. The van der Waals surface area contributed by atoms with Gasteiger partial charge in [0, 0.05) is 21.7 Å². The van der Waals surface area contributed by atoms with Gasteiger partial charge in [0.25, 0.3) is 5.91 Å². The molecule has 0 saturated heterocycles. The Balaban J connectivity index is 1.52. The third-order valence-corrected chi connectivity index (χ3v) is 5.04. The summed E-state index contributed by atoms with van der Waals surface area (Å²) in [5.74, 6) is -0.551. The molecule has 1 heterocycles. The van der Waals surface area contributed by atoms with Crippen LogP contribution in [0.15, 0.2) is 84.0 Å². The lowest BCUT2D eigenvalue weighted by molar-refractivity contribution is 0.0952. The van der Waals surface area contributed by atoms with E-state index in [1.165, 1.54) is 0 Å². The minimum atomic E-state index is -0.465. The third kappa shape index (κ3) is 2.99. The van der Waals surface area contributed by atoms with Gasteiger partial charge in [0.2, 0.25) is 0 Å². The molecule has 29 heavy (non-hydrogen) atoms. The lowest BCUT2D eigenvalue weighted by atomic mass is 10.0. The smallest absolute Gasteiger partial charge is 0.275 e. The van der Waals surface area contributed by atoms with Gasteiger partial charge in [0.15, 0.2) is 0 Å². The van der Waals surface area contributed by atoms with Crippen LogP contribution in [0.4, 0.5) is 0 Å². The maximum atomic E-state index is 12.5. The summed E-state index contributed by atoms with van der Waals surface area (Å²) < 4.78 is 0. The fourth-order valence-corrected chi connectivity index (χ4v) is 3.63. The highest BCUT2D eigenvalue weighted by Crippen LogP contribution is 2.34. The van der Waals surface area contributed by atoms with Crippen LogP contribution in [0.2, 0.25) is 0 Å². The van der Waals surface area contributed by atoms with Crippen molar-refractivity contribution in [2.45, 2.75) is 0 Å². The van der Waals surface area contributed by atoms with E-state index in [1.807, 2.05) is 60.7 Å². The number of phenols is 1. The predicted molar refractivity (Wildman–Crippen MR) is 116 cm³/mol. The molecule has 1 aromatic heterocycles. The third-order valence-electron chi connectivity index (χ3n) is 5.04. The van der Waals surface area contributed by atoms with Gasteiger partial charge in [-0.05, 0) is 29.1 Å². The zero-order valence-corrected chi connectivity index (χ0v) is 15.4. The molecule has 0 atom stereocenters. The average molecular weight is 379 g/mol. The molecule has 3 N–H and O–H groups in total. The Morgan fingerprint density at radius 1 is 0.897 bits per heavy atom. The van der Waals surface area contributed by atoms with Crippen LogP contribution < -0.4 is 5.43 Å². The molecule has 0 spiro atoms. The Morgan fingerprint density at radius 3 is 2.55 bits per heavy atom. The van der Waals surface area contributed by atoms with Crippen molar-refractivity contribution in [2.24, 2.45) is 5.10 Å². The van der Waals surface area contributed by atoms with Gasteiger partial charge in [-0.3, -0.25) is 4.79 Å². The van der Waals surface area contributed by atoms with Gasteiger partial charge in [0.1, 0.15) is 5.75 Å². The molecule has 0 fully saturated rings. The van der Waals surface area contributed by atoms with Crippen LogP contribution in [-0.2, 0) is 0 Å². The van der Waals surface area contributed by atoms with E-state index in [-0.39, 0.29) is 11.3 Å². The van der Waals surface area contributed by atoms with Gasteiger partial charge in [-0.25, -0.2) is 5.43 Å². The van der Waals surface area contributed by atoms with Crippen LogP contribution in [0, 0.1) is 0 Å². The summed E-state index contributed by atoms with van der Waals surface area (Å²) in [7, 11) is 0. The summed E-state index contributed by atoms with van der Waals surface area (Å²) >= 11 is 0. The fourth-order valence-electron chi connectivity index (χ4n) is 3.63. The van der Waals surface area contributed by atoms with Crippen molar-refractivity contribution in [3.8, 4) is 5.75 Å². The molecule has 5 nitrogen and oxygen atoms in total. The van der Waals surface area contributed by atoms with E-state index in [1.54, 1.807) is 18.3 Å². The molecule has 0 unspecified atom stereocenters. The standard InChI is InChI=1S/C24H17N3O2/c28-22-13-19-16(10-11-18-17-8-4-5-9-21(17)26-23(18)19)12-20(22)24(29)27-25-14-15-6-2-1-3-7-15/h1-14,26,28H,(H,27,29)/b25-14+. The molecule has 0 aliphatic rings. The quantitative estimate of drug-likeness (QED) is 0.307. The molecule has 0 aliphatic heterocycles. The molecular weight excluding hydrogens is 362 g/mol. The summed E-state index contributed by atoms with van der Waals surface area (Å²) in [5.41, 5.74) is 5.50. The van der Waals surface area contributed by atoms with Crippen molar-refractivity contribution in [1.82, 2.24) is 10.4 Å². The molecule has 4 aromatic carbocycles. The summed E-state index contributed by atoms with van der Waals surface area (Å²) in [4.78, 5) is 15.9. The number of fused-ring (bicyclic) bond motifs is 5. The van der Waals surface area contributed by atoms with E-state index >= 15 is 0 Å². The number of hydrazone groups is 1.